The minimum absolute atomic E-state index is 1.26. The predicted molar refractivity (Wildman–Crippen MR) is 59.4 cm³/mol. The number of quaternary nitrogens is 1. The standard InChI is InChI=1S/C9H15N.CHF3O3S/c1-3-4-7-10-8-5-6-9(10)2;2-1(3,4)8(5,6)7/h5-6,8H,3-4,7H2,1-2H3;(H,5,6,7). The molecule has 1 unspecified atom stereocenters. The molecule has 8 heteroatoms. The molecule has 0 fully saturated rings. The molecule has 1 atom stereocenters. The SMILES string of the molecule is CCCC[NH+]1C=CC=C1C.O=S(=O)([O-])C(F)(F)F. The molecule has 0 aromatic carbocycles. The van der Waals surface area contributed by atoms with Crippen LogP contribution in [0.3, 0.4) is 0 Å². The van der Waals surface area contributed by atoms with Gasteiger partial charge in [-0.3, -0.25) is 4.90 Å². The number of hydrogen-bond donors (Lipinski definition) is 1. The first-order chi connectivity index (χ1) is 8.09. The van der Waals surface area contributed by atoms with Crippen LogP contribution in [0.5, 0.6) is 0 Å². The summed E-state index contributed by atoms with van der Waals surface area (Å²) in [5, 5.41) is 0. The van der Waals surface area contributed by atoms with E-state index in [-0.39, 0.29) is 0 Å². The molecule has 1 heterocycles. The summed E-state index contributed by atoms with van der Waals surface area (Å²) in [4.78, 5) is 1.53. The van der Waals surface area contributed by atoms with Gasteiger partial charge < -0.3 is 4.55 Å². The molecule has 1 rings (SSSR count). The Hall–Kier alpha value is -0.860. The van der Waals surface area contributed by atoms with E-state index in [4.69, 9.17) is 13.0 Å². The van der Waals surface area contributed by atoms with Crippen molar-refractivity contribution in [3.63, 3.8) is 0 Å². The fourth-order valence-electron chi connectivity index (χ4n) is 1.19. The highest BCUT2D eigenvalue weighted by Gasteiger charge is 2.36. The zero-order valence-corrected chi connectivity index (χ0v) is 10.9. The van der Waals surface area contributed by atoms with Gasteiger partial charge >= 0.3 is 5.51 Å². The molecule has 18 heavy (non-hydrogen) atoms. The zero-order valence-electron chi connectivity index (χ0n) is 10.1. The van der Waals surface area contributed by atoms with Gasteiger partial charge in [0.1, 0.15) is 5.70 Å². The Balaban J connectivity index is 0.000000331. The monoisotopic (exact) mass is 287 g/mol. The molecule has 0 amide bonds. The van der Waals surface area contributed by atoms with Crippen LogP contribution in [0.1, 0.15) is 26.7 Å². The summed E-state index contributed by atoms with van der Waals surface area (Å²) >= 11 is 0. The molecule has 0 aromatic heterocycles. The fraction of sp³-hybridized carbons (Fsp3) is 0.600. The summed E-state index contributed by atoms with van der Waals surface area (Å²) in [6, 6.07) is 0. The Kier molecular flexibility index (Phi) is 6.58. The molecule has 1 aliphatic rings. The summed E-state index contributed by atoms with van der Waals surface area (Å²) in [6.45, 7) is 5.68. The lowest BCUT2D eigenvalue weighted by molar-refractivity contribution is -0.802. The van der Waals surface area contributed by atoms with E-state index in [0.29, 0.717) is 0 Å². The van der Waals surface area contributed by atoms with Crippen molar-refractivity contribution in [2.24, 2.45) is 0 Å². The van der Waals surface area contributed by atoms with Gasteiger partial charge in [-0.05, 0) is 18.6 Å². The van der Waals surface area contributed by atoms with Crippen LogP contribution in [-0.2, 0) is 10.1 Å². The Morgan fingerprint density at radius 2 is 1.89 bits per heavy atom. The molecule has 0 bridgehead atoms. The maximum absolute atomic E-state index is 10.7. The van der Waals surface area contributed by atoms with Crippen LogP contribution >= 0.6 is 0 Å². The van der Waals surface area contributed by atoms with Crippen molar-refractivity contribution in [2.75, 3.05) is 6.54 Å². The van der Waals surface area contributed by atoms with Gasteiger partial charge in [0.2, 0.25) is 0 Å². The molecule has 4 nitrogen and oxygen atoms in total. The molecule has 0 radical (unpaired) electrons. The van der Waals surface area contributed by atoms with Crippen LogP contribution in [0.25, 0.3) is 0 Å². The molecule has 0 aliphatic carbocycles. The van der Waals surface area contributed by atoms with E-state index in [2.05, 4.69) is 32.2 Å². The Morgan fingerprint density at radius 1 is 1.39 bits per heavy atom. The number of nitrogens with one attached hydrogen (secondary N) is 1. The van der Waals surface area contributed by atoms with Crippen LogP contribution in [0.15, 0.2) is 24.0 Å². The molecule has 0 spiro atoms. The number of unbranched alkanes of at least 4 members (excludes halogenated alkanes) is 1. The average molecular weight is 287 g/mol. The third-order valence-corrected chi connectivity index (χ3v) is 2.80. The summed E-state index contributed by atoms with van der Waals surface area (Å²) < 4.78 is 58.9. The van der Waals surface area contributed by atoms with E-state index in [9.17, 15) is 13.2 Å². The molecule has 0 saturated carbocycles. The van der Waals surface area contributed by atoms with Gasteiger partial charge in [-0.1, -0.05) is 13.3 Å². The van der Waals surface area contributed by atoms with Crippen molar-refractivity contribution < 1.29 is 31.0 Å². The van der Waals surface area contributed by atoms with Crippen LogP contribution in [-0.4, -0.2) is 25.0 Å². The van der Waals surface area contributed by atoms with Gasteiger partial charge in [0, 0.05) is 6.92 Å². The van der Waals surface area contributed by atoms with Gasteiger partial charge in [-0.2, -0.15) is 13.2 Å². The van der Waals surface area contributed by atoms with Gasteiger partial charge in [-0.15, -0.1) is 0 Å². The molecule has 1 N–H and O–H groups in total. The second-order valence-corrected chi connectivity index (χ2v) is 5.11. The van der Waals surface area contributed by atoms with E-state index in [0.717, 1.165) is 0 Å². The first-order valence-corrected chi connectivity index (χ1v) is 6.73. The normalized spacial score (nSPS) is 19.2. The van der Waals surface area contributed by atoms with Crippen molar-refractivity contribution in [3.8, 4) is 0 Å². The van der Waals surface area contributed by atoms with Crippen molar-refractivity contribution >= 4 is 10.1 Å². The summed E-state index contributed by atoms with van der Waals surface area (Å²) in [5.41, 5.74) is -4.19. The van der Waals surface area contributed by atoms with Gasteiger partial charge in [0.15, 0.2) is 10.1 Å². The predicted octanol–water partition coefficient (Wildman–Crippen LogP) is 1.15. The quantitative estimate of drug-likeness (QED) is 0.626. The van der Waals surface area contributed by atoms with E-state index >= 15 is 0 Å². The van der Waals surface area contributed by atoms with E-state index < -0.39 is 15.6 Å². The summed E-state index contributed by atoms with van der Waals surface area (Å²) in [5.74, 6) is 0. The van der Waals surface area contributed by atoms with Crippen LogP contribution in [0.2, 0.25) is 0 Å². The van der Waals surface area contributed by atoms with Crippen LogP contribution in [0.4, 0.5) is 13.2 Å². The second kappa shape index (κ2) is 6.91. The van der Waals surface area contributed by atoms with Crippen LogP contribution < -0.4 is 4.90 Å². The number of hydrogen-bond acceptors (Lipinski definition) is 3. The lowest BCUT2D eigenvalue weighted by atomic mass is 10.3. The third kappa shape index (κ3) is 6.18. The number of rotatable bonds is 3. The van der Waals surface area contributed by atoms with Crippen molar-refractivity contribution in [1.82, 2.24) is 0 Å². The maximum Gasteiger partial charge on any atom is 0.485 e. The second-order valence-electron chi connectivity index (χ2n) is 3.74. The minimum Gasteiger partial charge on any atom is -0.741 e. The van der Waals surface area contributed by atoms with Gasteiger partial charge in [0.25, 0.3) is 0 Å². The molecule has 106 valence electrons. The first kappa shape index (κ1) is 17.1. The average Bonchev–Trinajstić information content (AvgIpc) is 2.59. The Bertz CT molecular complexity index is 413. The molecular weight excluding hydrogens is 271 g/mol. The number of halogens is 3. The summed E-state index contributed by atoms with van der Waals surface area (Å²) in [7, 11) is -6.09. The fourth-order valence-corrected chi connectivity index (χ4v) is 1.19. The van der Waals surface area contributed by atoms with E-state index in [1.54, 1.807) is 0 Å². The molecular formula is C10H16F3NO3S. The smallest absolute Gasteiger partial charge is 0.485 e. The number of alkyl halides is 3. The Labute approximate surface area is 105 Å². The number of allylic oxidation sites excluding steroid dienone is 3. The lowest BCUT2D eigenvalue weighted by Crippen LogP contribution is -3.04. The van der Waals surface area contributed by atoms with Gasteiger partial charge in [0.05, 0.1) is 12.7 Å². The topological polar surface area (TPSA) is 61.6 Å². The highest BCUT2D eigenvalue weighted by Crippen LogP contribution is 2.20. The van der Waals surface area contributed by atoms with E-state index in [1.165, 1.54) is 30.0 Å². The lowest BCUT2D eigenvalue weighted by Gasteiger charge is -2.09. The van der Waals surface area contributed by atoms with Crippen LogP contribution in [0, 0.1) is 0 Å². The molecule has 1 aliphatic heterocycles. The molecule has 0 saturated heterocycles. The minimum atomic E-state index is -6.09. The zero-order chi connectivity index (χ0) is 14.4. The van der Waals surface area contributed by atoms with Crippen molar-refractivity contribution in [2.45, 2.75) is 32.2 Å². The highest BCUT2D eigenvalue weighted by molar-refractivity contribution is 7.86. The maximum atomic E-state index is 10.7. The third-order valence-electron chi connectivity index (χ3n) is 2.23. The largest absolute Gasteiger partial charge is 0.741 e. The summed E-state index contributed by atoms with van der Waals surface area (Å²) in [6.07, 6.45) is 9.17. The van der Waals surface area contributed by atoms with E-state index in [1.807, 2.05) is 0 Å². The van der Waals surface area contributed by atoms with Crippen molar-refractivity contribution in [3.05, 3.63) is 24.0 Å². The van der Waals surface area contributed by atoms with Crippen molar-refractivity contribution in [1.29, 1.82) is 0 Å². The highest BCUT2D eigenvalue weighted by atomic mass is 32.2. The Morgan fingerprint density at radius 3 is 2.17 bits per heavy atom. The van der Waals surface area contributed by atoms with Gasteiger partial charge in [-0.25, -0.2) is 8.42 Å². The molecule has 0 aromatic rings. The first-order valence-electron chi connectivity index (χ1n) is 5.33.